The summed E-state index contributed by atoms with van der Waals surface area (Å²) >= 11 is 0. The first-order valence-electron chi connectivity index (χ1n) is 9.06. The molecule has 2 rings (SSSR count). The van der Waals surface area contributed by atoms with Crippen LogP contribution >= 0.6 is 0 Å². The molecule has 0 unspecified atom stereocenters. The number of ether oxygens (including phenoxy) is 1. The first-order valence-corrected chi connectivity index (χ1v) is 9.06. The molecule has 1 atom stereocenters. The summed E-state index contributed by atoms with van der Waals surface area (Å²) < 4.78 is 5.36. The molecule has 0 radical (unpaired) electrons. The van der Waals surface area contributed by atoms with Gasteiger partial charge in [-0.1, -0.05) is 36.4 Å². The molecule has 0 aliphatic carbocycles. The van der Waals surface area contributed by atoms with Crippen LogP contribution in [0.1, 0.15) is 46.5 Å². The van der Waals surface area contributed by atoms with E-state index in [1.807, 2.05) is 51.1 Å². The summed E-state index contributed by atoms with van der Waals surface area (Å²) in [6.07, 6.45) is 0.531. The molecule has 5 nitrogen and oxygen atoms in total. The van der Waals surface area contributed by atoms with Crippen molar-refractivity contribution in [1.29, 1.82) is 0 Å². The van der Waals surface area contributed by atoms with Gasteiger partial charge in [0.05, 0.1) is 0 Å². The fraction of sp³-hybridized carbons (Fsp3) is 0.261. The number of esters is 1. The van der Waals surface area contributed by atoms with Gasteiger partial charge in [0.1, 0.15) is 5.70 Å². The number of nitrogens with one attached hydrogen (secondary N) is 1. The van der Waals surface area contributed by atoms with Gasteiger partial charge in [-0.2, -0.15) is 0 Å². The Kier molecular flexibility index (Phi) is 6.88. The minimum absolute atomic E-state index is 0.0184. The van der Waals surface area contributed by atoms with Crippen LogP contribution in [0.25, 0.3) is 6.08 Å². The van der Waals surface area contributed by atoms with Crippen molar-refractivity contribution in [2.24, 2.45) is 0 Å². The predicted octanol–water partition coefficient (Wildman–Crippen LogP) is 3.90. The second-order valence-corrected chi connectivity index (χ2v) is 6.81. The lowest BCUT2D eigenvalue weighted by molar-refractivity contribution is -0.142. The molecule has 1 N–H and O–H groups in total. The molecule has 28 heavy (non-hydrogen) atoms. The van der Waals surface area contributed by atoms with Crippen LogP contribution in [0.15, 0.2) is 48.2 Å². The van der Waals surface area contributed by atoms with E-state index in [2.05, 4.69) is 5.32 Å². The van der Waals surface area contributed by atoms with Crippen molar-refractivity contribution in [2.45, 2.75) is 40.7 Å². The third-order valence-corrected chi connectivity index (χ3v) is 4.40. The Morgan fingerprint density at radius 3 is 2.18 bits per heavy atom. The number of carbonyl (C=O) groups is 3. The molecular weight excluding hydrogens is 354 g/mol. The molecule has 0 bridgehead atoms. The van der Waals surface area contributed by atoms with Crippen molar-refractivity contribution in [3.63, 3.8) is 0 Å². The largest absolute Gasteiger partial charge is 0.450 e. The van der Waals surface area contributed by atoms with Crippen LogP contribution in [0.3, 0.4) is 0 Å². The Labute approximate surface area is 165 Å². The van der Waals surface area contributed by atoms with Gasteiger partial charge in [0.15, 0.2) is 6.10 Å². The summed E-state index contributed by atoms with van der Waals surface area (Å²) in [5, 5.41) is 2.48. The van der Waals surface area contributed by atoms with Crippen LogP contribution in [0.5, 0.6) is 0 Å². The van der Waals surface area contributed by atoms with Crippen molar-refractivity contribution < 1.29 is 19.1 Å². The van der Waals surface area contributed by atoms with E-state index in [1.165, 1.54) is 19.9 Å². The Morgan fingerprint density at radius 1 is 0.964 bits per heavy atom. The number of Topliss-reactive ketones (excluding diaryl/α,β-unsaturated/α-hetero) is 1. The van der Waals surface area contributed by atoms with Gasteiger partial charge < -0.3 is 10.1 Å². The van der Waals surface area contributed by atoms with E-state index in [4.69, 9.17) is 4.74 Å². The highest BCUT2D eigenvalue weighted by Crippen LogP contribution is 2.18. The number of amides is 1. The number of aryl methyl sites for hydroxylation is 3. The molecule has 2 aromatic carbocycles. The zero-order chi connectivity index (χ0) is 20.8. The Bertz CT molecular complexity index is 929. The monoisotopic (exact) mass is 379 g/mol. The summed E-state index contributed by atoms with van der Waals surface area (Å²) in [7, 11) is 0. The molecule has 146 valence electrons. The highest BCUT2D eigenvalue weighted by atomic mass is 16.5. The maximum Gasteiger partial charge on any atom is 0.355 e. The van der Waals surface area contributed by atoms with Crippen molar-refractivity contribution in [2.75, 3.05) is 0 Å². The van der Waals surface area contributed by atoms with E-state index in [9.17, 15) is 14.4 Å². The molecule has 1 amide bonds. The summed E-state index contributed by atoms with van der Waals surface area (Å²) in [6.45, 7) is 8.60. The molecule has 0 fully saturated rings. The van der Waals surface area contributed by atoms with Gasteiger partial charge in [0.2, 0.25) is 11.7 Å². The Morgan fingerprint density at radius 2 is 1.57 bits per heavy atom. The number of ketones is 1. The predicted molar refractivity (Wildman–Crippen MR) is 109 cm³/mol. The third-order valence-electron chi connectivity index (χ3n) is 4.40. The maximum absolute atomic E-state index is 12.8. The highest BCUT2D eigenvalue weighted by Gasteiger charge is 2.24. The number of hydrogen-bond donors (Lipinski definition) is 1. The highest BCUT2D eigenvalue weighted by molar-refractivity contribution is 6.03. The van der Waals surface area contributed by atoms with Crippen molar-refractivity contribution in [3.8, 4) is 0 Å². The lowest BCUT2D eigenvalue weighted by atomic mass is 9.96. The number of carbonyl (C=O) groups excluding carboxylic acids is 3. The molecule has 0 spiro atoms. The first-order chi connectivity index (χ1) is 13.2. The number of benzene rings is 2. The smallest absolute Gasteiger partial charge is 0.355 e. The van der Waals surface area contributed by atoms with E-state index >= 15 is 0 Å². The van der Waals surface area contributed by atoms with E-state index in [1.54, 1.807) is 12.1 Å². The summed E-state index contributed by atoms with van der Waals surface area (Å²) in [5.74, 6) is -1.44. The zero-order valence-electron chi connectivity index (χ0n) is 16.8. The van der Waals surface area contributed by atoms with Crippen molar-refractivity contribution in [3.05, 3.63) is 76.0 Å². The lowest BCUT2D eigenvalue weighted by Crippen LogP contribution is -2.31. The maximum atomic E-state index is 12.8. The van der Waals surface area contributed by atoms with Gasteiger partial charge in [-0.25, -0.2) is 4.79 Å². The Balaban J connectivity index is 2.22. The minimum Gasteiger partial charge on any atom is -0.450 e. The number of hydrogen-bond acceptors (Lipinski definition) is 4. The van der Waals surface area contributed by atoms with E-state index in [0.29, 0.717) is 5.56 Å². The molecule has 0 aliphatic rings. The van der Waals surface area contributed by atoms with Gasteiger partial charge >= 0.3 is 5.97 Å². The molecule has 0 aliphatic heterocycles. The quantitative estimate of drug-likeness (QED) is 0.469. The fourth-order valence-electron chi connectivity index (χ4n) is 2.77. The summed E-state index contributed by atoms with van der Waals surface area (Å²) in [6, 6.07) is 12.8. The van der Waals surface area contributed by atoms with E-state index in [-0.39, 0.29) is 11.5 Å². The van der Waals surface area contributed by atoms with Crippen LogP contribution in [0.4, 0.5) is 0 Å². The second-order valence-electron chi connectivity index (χ2n) is 6.81. The number of rotatable bonds is 6. The average molecular weight is 379 g/mol. The molecular formula is C23H25NO4. The van der Waals surface area contributed by atoms with Gasteiger partial charge in [-0.05, 0) is 62.1 Å². The molecule has 5 heteroatoms. The van der Waals surface area contributed by atoms with Crippen molar-refractivity contribution >= 4 is 23.7 Å². The van der Waals surface area contributed by atoms with E-state index in [0.717, 1.165) is 22.3 Å². The summed E-state index contributed by atoms with van der Waals surface area (Å²) in [4.78, 5) is 36.8. The Hall–Kier alpha value is -3.21. The lowest BCUT2D eigenvalue weighted by Gasteiger charge is -2.16. The van der Waals surface area contributed by atoms with Gasteiger partial charge in [-0.15, -0.1) is 0 Å². The van der Waals surface area contributed by atoms with Gasteiger partial charge in [0.25, 0.3) is 0 Å². The molecule has 2 aromatic rings. The molecule has 0 aromatic heterocycles. The second kappa shape index (κ2) is 9.13. The topological polar surface area (TPSA) is 72.5 Å². The molecule has 0 saturated carbocycles. The summed E-state index contributed by atoms with van der Waals surface area (Å²) in [5.41, 5.74) is 4.16. The minimum atomic E-state index is -0.985. The van der Waals surface area contributed by atoms with E-state index < -0.39 is 18.0 Å². The van der Waals surface area contributed by atoms with Crippen LogP contribution in [-0.4, -0.2) is 23.8 Å². The molecule has 0 heterocycles. The standard InChI is InChI=1S/C23H25NO4/c1-14-11-16(3)20(12-15(14)2)22(26)17(4)28-23(27)21(24-18(5)25)13-19-9-7-6-8-10-19/h6-13,17H,1-5H3,(H,24,25)/b21-13-/t17-/m0/s1. The zero-order valence-corrected chi connectivity index (χ0v) is 16.8. The first kappa shape index (κ1) is 21.1. The van der Waals surface area contributed by atoms with Crippen LogP contribution in [-0.2, 0) is 14.3 Å². The van der Waals surface area contributed by atoms with Crippen LogP contribution < -0.4 is 5.32 Å². The van der Waals surface area contributed by atoms with Gasteiger partial charge in [0, 0.05) is 12.5 Å². The third kappa shape index (κ3) is 5.39. The normalized spacial score (nSPS) is 12.2. The van der Waals surface area contributed by atoms with Crippen molar-refractivity contribution in [1.82, 2.24) is 5.32 Å². The average Bonchev–Trinajstić information content (AvgIpc) is 2.64. The molecule has 0 saturated heterocycles. The van der Waals surface area contributed by atoms with Crippen LogP contribution in [0.2, 0.25) is 0 Å². The SMILES string of the molecule is CC(=O)N/C(=C\c1ccccc1)C(=O)O[C@@H](C)C(=O)c1cc(C)c(C)cc1C. The van der Waals surface area contributed by atoms with Gasteiger partial charge in [-0.3, -0.25) is 9.59 Å². The fourth-order valence-corrected chi connectivity index (χ4v) is 2.77. The van der Waals surface area contributed by atoms with Crippen LogP contribution in [0, 0.1) is 20.8 Å².